The van der Waals surface area contributed by atoms with E-state index in [4.69, 9.17) is 11.5 Å². The molecule has 19 heavy (non-hydrogen) atoms. The number of anilines is 2. The first-order valence-electron chi connectivity index (χ1n) is 6.47. The molecule has 1 aliphatic carbocycles. The normalized spacial score (nSPS) is 16.1. The maximum absolute atomic E-state index is 11.8. The first-order valence-corrected chi connectivity index (χ1v) is 7.29. The number of rotatable bonds is 6. The second-order valence-electron chi connectivity index (χ2n) is 4.96. The van der Waals surface area contributed by atoms with Gasteiger partial charge in [0.1, 0.15) is 5.00 Å². The number of Topliss-reactive ketones (excluding diaryl/α,β-unsaturated/α-hetero) is 1. The van der Waals surface area contributed by atoms with Crippen molar-refractivity contribution >= 4 is 33.7 Å². The van der Waals surface area contributed by atoms with Crippen LogP contribution in [0.5, 0.6) is 0 Å². The van der Waals surface area contributed by atoms with Crippen LogP contribution < -0.4 is 16.8 Å². The van der Waals surface area contributed by atoms with E-state index in [2.05, 4.69) is 12.2 Å². The number of thiophene rings is 1. The largest absolute Gasteiger partial charge is 0.397 e. The first-order chi connectivity index (χ1) is 8.95. The Bertz CT molecular complexity index is 520. The maximum Gasteiger partial charge on any atom is 0.253 e. The van der Waals surface area contributed by atoms with Crippen LogP contribution >= 0.6 is 11.3 Å². The van der Waals surface area contributed by atoms with Crippen LogP contribution in [0.1, 0.15) is 53.1 Å². The van der Waals surface area contributed by atoms with Crippen molar-refractivity contribution in [3.63, 3.8) is 0 Å². The topological polar surface area (TPSA) is 98.2 Å². The predicted molar refractivity (Wildman–Crippen MR) is 77.7 cm³/mol. The standard InChI is InChI=1S/C13H19N3O2S/c1-3-8(17)11-10(14)9(12(15)18)13(19-11)16-6(2)7-4-5-7/h6-7,16H,3-5,14H2,1-2H3,(H2,15,18). The number of carbonyl (C=O) groups excluding carboxylic acids is 2. The van der Waals surface area contributed by atoms with Gasteiger partial charge >= 0.3 is 0 Å². The van der Waals surface area contributed by atoms with Gasteiger partial charge in [0, 0.05) is 12.5 Å². The molecule has 1 heterocycles. The Morgan fingerprint density at radius 1 is 1.47 bits per heavy atom. The Kier molecular flexibility index (Phi) is 3.80. The molecule has 1 aromatic heterocycles. The summed E-state index contributed by atoms with van der Waals surface area (Å²) in [6.07, 6.45) is 2.75. The van der Waals surface area contributed by atoms with Crippen LogP contribution in [0.3, 0.4) is 0 Å². The van der Waals surface area contributed by atoms with Crippen molar-refractivity contribution in [2.45, 2.75) is 39.2 Å². The van der Waals surface area contributed by atoms with E-state index in [1.54, 1.807) is 6.92 Å². The summed E-state index contributed by atoms with van der Waals surface area (Å²) in [6, 6.07) is 0.265. The van der Waals surface area contributed by atoms with Crippen LogP contribution in [0, 0.1) is 5.92 Å². The Balaban J connectivity index is 2.34. The number of nitrogen functional groups attached to an aromatic ring is 1. The van der Waals surface area contributed by atoms with Gasteiger partial charge in [-0.05, 0) is 25.7 Å². The maximum atomic E-state index is 11.8. The fourth-order valence-corrected chi connectivity index (χ4v) is 3.31. The summed E-state index contributed by atoms with van der Waals surface area (Å²) < 4.78 is 0. The summed E-state index contributed by atoms with van der Waals surface area (Å²) in [5, 5.41) is 3.91. The lowest BCUT2D eigenvalue weighted by atomic mass is 10.1. The average molecular weight is 281 g/mol. The molecule has 1 saturated carbocycles. The van der Waals surface area contributed by atoms with Crippen LogP contribution in [-0.4, -0.2) is 17.7 Å². The van der Waals surface area contributed by atoms with Gasteiger partial charge in [0.25, 0.3) is 5.91 Å². The lowest BCUT2D eigenvalue weighted by Gasteiger charge is -2.13. The molecule has 5 N–H and O–H groups in total. The Morgan fingerprint density at radius 3 is 2.58 bits per heavy atom. The van der Waals surface area contributed by atoms with E-state index in [0.29, 0.717) is 22.2 Å². The number of nitrogens with one attached hydrogen (secondary N) is 1. The molecule has 1 fully saturated rings. The zero-order valence-corrected chi connectivity index (χ0v) is 12.0. The molecule has 0 saturated heterocycles. The highest BCUT2D eigenvalue weighted by Crippen LogP contribution is 2.40. The molecule has 5 nitrogen and oxygen atoms in total. The minimum absolute atomic E-state index is 0.0582. The fraction of sp³-hybridized carbons (Fsp3) is 0.538. The molecule has 0 radical (unpaired) electrons. The summed E-state index contributed by atoms with van der Waals surface area (Å²) in [5.74, 6) is -0.0131. The summed E-state index contributed by atoms with van der Waals surface area (Å²) in [7, 11) is 0. The van der Waals surface area contributed by atoms with Crippen LogP contribution in [-0.2, 0) is 0 Å². The number of ketones is 1. The number of primary amides is 1. The number of hydrogen-bond acceptors (Lipinski definition) is 5. The van der Waals surface area contributed by atoms with Gasteiger partial charge in [0.05, 0.1) is 16.1 Å². The molecule has 104 valence electrons. The summed E-state index contributed by atoms with van der Waals surface area (Å²) in [5.41, 5.74) is 11.7. The highest BCUT2D eigenvalue weighted by molar-refractivity contribution is 7.19. The van der Waals surface area contributed by atoms with E-state index in [-0.39, 0.29) is 23.1 Å². The van der Waals surface area contributed by atoms with E-state index in [1.807, 2.05) is 0 Å². The summed E-state index contributed by atoms with van der Waals surface area (Å²) in [4.78, 5) is 23.8. The zero-order valence-electron chi connectivity index (χ0n) is 11.2. The molecule has 1 atom stereocenters. The molecule has 0 bridgehead atoms. The van der Waals surface area contributed by atoms with Crippen LogP contribution in [0.25, 0.3) is 0 Å². The van der Waals surface area contributed by atoms with Crippen LogP contribution in [0.2, 0.25) is 0 Å². The Morgan fingerprint density at radius 2 is 2.11 bits per heavy atom. The molecule has 1 aromatic rings. The van der Waals surface area contributed by atoms with E-state index in [9.17, 15) is 9.59 Å². The molecule has 0 spiro atoms. The third-order valence-corrected chi connectivity index (χ3v) is 4.63. The summed E-state index contributed by atoms with van der Waals surface area (Å²) >= 11 is 1.23. The highest BCUT2D eigenvalue weighted by Gasteiger charge is 2.30. The minimum Gasteiger partial charge on any atom is -0.397 e. The Hall–Kier alpha value is -1.56. The molecular weight excluding hydrogens is 262 g/mol. The monoisotopic (exact) mass is 281 g/mol. The minimum atomic E-state index is -0.589. The van der Waals surface area contributed by atoms with E-state index >= 15 is 0 Å². The molecule has 1 unspecified atom stereocenters. The van der Waals surface area contributed by atoms with Crippen LogP contribution in [0.15, 0.2) is 0 Å². The van der Waals surface area contributed by atoms with Crippen molar-refractivity contribution in [3.05, 3.63) is 10.4 Å². The summed E-state index contributed by atoms with van der Waals surface area (Å²) in [6.45, 7) is 3.84. The van der Waals surface area contributed by atoms with Crippen molar-refractivity contribution < 1.29 is 9.59 Å². The lowest BCUT2D eigenvalue weighted by molar-refractivity contribution is 0.0991. The SMILES string of the molecule is CCC(=O)c1sc(NC(C)C2CC2)c(C(N)=O)c1N. The van der Waals surface area contributed by atoms with E-state index in [0.717, 1.165) is 0 Å². The van der Waals surface area contributed by atoms with Gasteiger partial charge in [0.2, 0.25) is 0 Å². The van der Waals surface area contributed by atoms with Gasteiger partial charge < -0.3 is 16.8 Å². The number of hydrogen-bond donors (Lipinski definition) is 3. The third-order valence-electron chi connectivity index (χ3n) is 3.45. The van der Waals surface area contributed by atoms with Gasteiger partial charge in [-0.15, -0.1) is 11.3 Å². The van der Waals surface area contributed by atoms with Crippen molar-refractivity contribution in [2.24, 2.45) is 11.7 Å². The molecule has 0 aromatic carbocycles. The number of nitrogens with two attached hydrogens (primary N) is 2. The number of amides is 1. The second-order valence-corrected chi connectivity index (χ2v) is 5.98. The van der Waals surface area contributed by atoms with Gasteiger partial charge in [-0.2, -0.15) is 0 Å². The van der Waals surface area contributed by atoms with E-state index in [1.165, 1.54) is 24.2 Å². The van der Waals surface area contributed by atoms with Crippen molar-refractivity contribution in [1.82, 2.24) is 0 Å². The zero-order chi connectivity index (χ0) is 14.2. The van der Waals surface area contributed by atoms with Gasteiger partial charge in [-0.1, -0.05) is 6.92 Å². The lowest BCUT2D eigenvalue weighted by Crippen LogP contribution is -2.20. The van der Waals surface area contributed by atoms with Crippen LogP contribution in [0.4, 0.5) is 10.7 Å². The smallest absolute Gasteiger partial charge is 0.253 e. The van der Waals surface area contributed by atoms with Crippen molar-refractivity contribution in [3.8, 4) is 0 Å². The molecule has 6 heteroatoms. The van der Waals surface area contributed by atoms with Crippen molar-refractivity contribution in [1.29, 1.82) is 0 Å². The third kappa shape index (κ3) is 2.73. The molecule has 0 aliphatic heterocycles. The quantitative estimate of drug-likeness (QED) is 0.696. The molecule has 2 rings (SSSR count). The van der Waals surface area contributed by atoms with Gasteiger partial charge in [0.15, 0.2) is 5.78 Å². The Labute approximate surface area is 116 Å². The highest BCUT2D eigenvalue weighted by atomic mass is 32.1. The number of carbonyl (C=O) groups is 2. The first kappa shape index (κ1) is 13.9. The van der Waals surface area contributed by atoms with E-state index < -0.39 is 5.91 Å². The molecule has 1 amide bonds. The fourth-order valence-electron chi connectivity index (χ4n) is 2.08. The second kappa shape index (κ2) is 5.21. The van der Waals surface area contributed by atoms with Gasteiger partial charge in [-0.25, -0.2) is 0 Å². The molecular formula is C13H19N3O2S. The van der Waals surface area contributed by atoms with Crippen molar-refractivity contribution in [2.75, 3.05) is 11.1 Å². The molecule has 1 aliphatic rings. The predicted octanol–water partition coefficient (Wildman–Crippen LogP) is 2.23. The average Bonchev–Trinajstić information content (AvgIpc) is 3.14. The van der Waals surface area contributed by atoms with Gasteiger partial charge in [-0.3, -0.25) is 9.59 Å².